The van der Waals surface area contributed by atoms with Crippen LogP contribution in [0.25, 0.3) is 0 Å². The van der Waals surface area contributed by atoms with Gasteiger partial charge in [-0.05, 0) is 0 Å². The molecule has 0 amide bonds. The Morgan fingerprint density at radius 3 is 1.22 bits per heavy atom. The third-order valence-corrected chi connectivity index (χ3v) is 2.28. The van der Waals surface area contributed by atoms with Crippen LogP contribution in [-0.2, 0) is 0 Å². The zero-order valence-electron chi connectivity index (χ0n) is 10.0. The van der Waals surface area contributed by atoms with Gasteiger partial charge in [0.25, 0.3) is 0 Å². The first-order chi connectivity index (χ1) is 8.79. The van der Waals surface area contributed by atoms with Crippen LogP contribution in [0.15, 0.2) is 60.7 Å². The van der Waals surface area contributed by atoms with Crippen LogP contribution < -0.4 is 0 Å². The van der Waals surface area contributed by atoms with Gasteiger partial charge in [0.15, 0.2) is 0 Å². The number of hydrogen-bond donors (Lipinski definition) is 1. The first-order valence-corrected chi connectivity index (χ1v) is 6.32. The molecule has 0 fully saturated rings. The lowest BCUT2D eigenvalue weighted by Crippen LogP contribution is -2.14. The second-order valence-corrected chi connectivity index (χ2v) is 3.39. The van der Waals surface area contributed by atoms with E-state index in [1.165, 1.54) is 0 Å². The first-order valence-electron chi connectivity index (χ1n) is 5.43. The summed E-state index contributed by atoms with van der Waals surface area (Å²) in [4.78, 5) is 30.7. The van der Waals surface area contributed by atoms with E-state index in [-0.39, 0.29) is 0 Å². The van der Waals surface area contributed by atoms with Crippen LogP contribution in [0.1, 0.15) is 20.7 Å². The van der Waals surface area contributed by atoms with Crippen LogP contribution in [0.2, 0.25) is 0 Å². The van der Waals surface area contributed by atoms with Gasteiger partial charge in [-0.3, -0.25) is 9.59 Å². The molecule has 0 aliphatic carbocycles. The van der Waals surface area contributed by atoms with Gasteiger partial charge in [-0.15, -0.1) is 0 Å². The Kier molecular flexibility index (Phi) is 5.70. The van der Waals surface area contributed by atoms with Crippen molar-refractivity contribution in [2.45, 2.75) is 0 Å². The number of benzene rings is 2. The summed E-state index contributed by atoms with van der Waals surface area (Å²) in [5.74, 6) is -0.932. The molecule has 0 aromatic heterocycles. The maximum atomic E-state index is 11.8. The Bertz CT molecular complexity index is 460. The van der Waals surface area contributed by atoms with E-state index in [1.807, 2.05) is 12.1 Å². The van der Waals surface area contributed by atoms with Gasteiger partial charge in [0.05, 0.1) is 0 Å². The lowest BCUT2D eigenvalue weighted by atomic mass is 10.0. The van der Waals surface area contributed by atoms with Crippen molar-refractivity contribution in [1.82, 2.24) is 0 Å². The van der Waals surface area contributed by atoms with Crippen molar-refractivity contribution in [2.75, 3.05) is 0 Å². The van der Waals surface area contributed by atoms with Crippen LogP contribution in [0.4, 0.5) is 0 Å². The molecule has 2 rings (SSSR count). The predicted molar refractivity (Wildman–Crippen MR) is 73.7 cm³/mol. The molecule has 3 nitrogen and oxygen atoms in total. The molecule has 0 aliphatic rings. The third kappa shape index (κ3) is 3.48. The van der Waals surface area contributed by atoms with E-state index in [1.54, 1.807) is 48.5 Å². The van der Waals surface area contributed by atoms with Gasteiger partial charge < -0.3 is 4.80 Å². The van der Waals surface area contributed by atoms with E-state index < -0.39 is 11.6 Å². The van der Waals surface area contributed by atoms with Gasteiger partial charge in [0.1, 0.15) is 10.5 Å². The quantitative estimate of drug-likeness (QED) is 0.508. The summed E-state index contributed by atoms with van der Waals surface area (Å²) in [5, 5.41) is 0. The molecule has 0 radical (unpaired) electrons. The molecule has 4 heteroatoms. The first kappa shape index (κ1) is 14.0. The molecule has 0 saturated carbocycles. The average Bonchev–Trinajstić information content (AvgIpc) is 2.49. The molecule has 0 atom stereocenters. The summed E-state index contributed by atoms with van der Waals surface area (Å²) in [7, 11) is 0.306. The van der Waals surface area contributed by atoms with Crippen LogP contribution in [0.3, 0.4) is 0 Å². The highest BCUT2D eigenvalue weighted by atomic mass is 28.2. The Morgan fingerprint density at radius 2 is 0.944 bits per heavy atom. The molecular formula is C14H14O3Si. The normalized spacial score (nSPS) is 9.17. The SMILES string of the molecule is O=C(C(=O)c1ccccc1)c1ccccc1.O[SiH3]. The molecule has 2 aromatic carbocycles. The monoisotopic (exact) mass is 258 g/mol. The van der Waals surface area contributed by atoms with Crippen LogP contribution in [0.5, 0.6) is 0 Å². The standard InChI is InChI=1S/C14H10O2.H4OSi/c15-13(11-7-3-1-4-8-11)14(16)12-9-5-2-6-10-12;1-2/h1-10H;1H,2H3. The molecule has 0 bridgehead atoms. The highest BCUT2D eigenvalue weighted by Crippen LogP contribution is 2.07. The summed E-state index contributed by atoms with van der Waals surface area (Å²) < 4.78 is 0. The number of carbonyl (C=O) groups excluding carboxylic acids is 2. The number of hydrogen-bond acceptors (Lipinski definition) is 3. The highest BCUT2D eigenvalue weighted by Gasteiger charge is 2.16. The van der Waals surface area contributed by atoms with E-state index in [2.05, 4.69) is 0 Å². The molecule has 18 heavy (non-hydrogen) atoms. The third-order valence-electron chi connectivity index (χ3n) is 2.28. The maximum absolute atomic E-state index is 11.8. The molecule has 0 unspecified atom stereocenters. The van der Waals surface area contributed by atoms with Crippen molar-refractivity contribution in [1.29, 1.82) is 0 Å². The number of Topliss-reactive ketones (excluding diaryl/α,β-unsaturated/α-hetero) is 2. The summed E-state index contributed by atoms with van der Waals surface area (Å²) in [6.07, 6.45) is 0. The summed E-state index contributed by atoms with van der Waals surface area (Å²) >= 11 is 0. The second-order valence-electron chi connectivity index (χ2n) is 3.39. The highest BCUT2D eigenvalue weighted by molar-refractivity contribution is 6.49. The summed E-state index contributed by atoms with van der Waals surface area (Å²) in [6, 6.07) is 17.2. The predicted octanol–water partition coefficient (Wildman–Crippen LogP) is 1.01. The zero-order valence-corrected chi connectivity index (χ0v) is 12.0. The van der Waals surface area contributed by atoms with Gasteiger partial charge in [0.2, 0.25) is 11.6 Å². The molecule has 0 saturated heterocycles. The van der Waals surface area contributed by atoms with Gasteiger partial charge in [-0.1, -0.05) is 60.7 Å². The lowest BCUT2D eigenvalue weighted by molar-refractivity contribution is 0.0817. The van der Waals surface area contributed by atoms with Crippen molar-refractivity contribution in [3.63, 3.8) is 0 Å². The van der Waals surface area contributed by atoms with Gasteiger partial charge in [0, 0.05) is 11.1 Å². The fourth-order valence-electron chi connectivity index (χ4n) is 1.44. The molecular weight excluding hydrogens is 244 g/mol. The Morgan fingerprint density at radius 1 is 0.667 bits per heavy atom. The molecule has 0 heterocycles. The van der Waals surface area contributed by atoms with E-state index >= 15 is 0 Å². The Labute approximate surface area is 109 Å². The lowest BCUT2D eigenvalue weighted by Gasteiger charge is -1.99. The minimum atomic E-state index is -0.466. The largest absolute Gasteiger partial charge is 0.442 e. The summed E-state index contributed by atoms with van der Waals surface area (Å²) in [5.41, 5.74) is 0.854. The molecule has 2 aromatic rings. The van der Waals surface area contributed by atoms with E-state index in [0.717, 1.165) is 0 Å². The van der Waals surface area contributed by atoms with E-state index in [4.69, 9.17) is 4.80 Å². The van der Waals surface area contributed by atoms with Crippen molar-refractivity contribution >= 4 is 22.1 Å². The topological polar surface area (TPSA) is 54.4 Å². The van der Waals surface area contributed by atoms with Gasteiger partial charge >= 0.3 is 0 Å². The zero-order chi connectivity index (χ0) is 13.4. The van der Waals surface area contributed by atoms with Gasteiger partial charge in [-0.25, -0.2) is 0 Å². The van der Waals surface area contributed by atoms with Crippen LogP contribution >= 0.6 is 0 Å². The average molecular weight is 258 g/mol. The number of rotatable bonds is 3. The molecule has 0 spiro atoms. The molecule has 0 aliphatic heterocycles. The van der Waals surface area contributed by atoms with Crippen molar-refractivity contribution < 1.29 is 14.4 Å². The second kappa shape index (κ2) is 7.32. The molecule has 1 N–H and O–H groups in total. The van der Waals surface area contributed by atoms with E-state index in [9.17, 15) is 9.59 Å². The smallest absolute Gasteiger partial charge is 0.233 e. The minimum Gasteiger partial charge on any atom is -0.442 e. The minimum absolute atomic E-state index is 0.306. The number of ketones is 2. The Balaban J connectivity index is 0.000000771. The van der Waals surface area contributed by atoms with E-state index in [0.29, 0.717) is 21.6 Å². The van der Waals surface area contributed by atoms with Crippen molar-refractivity contribution in [3.8, 4) is 0 Å². The number of carbonyl (C=O) groups is 2. The summed E-state index contributed by atoms with van der Waals surface area (Å²) in [6.45, 7) is 0. The van der Waals surface area contributed by atoms with Crippen LogP contribution in [0, 0.1) is 0 Å². The van der Waals surface area contributed by atoms with Crippen molar-refractivity contribution in [2.24, 2.45) is 0 Å². The maximum Gasteiger partial charge on any atom is 0.233 e. The fourth-order valence-corrected chi connectivity index (χ4v) is 1.44. The van der Waals surface area contributed by atoms with Crippen molar-refractivity contribution in [3.05, 3.63) is 71.8 Å². The fraction of sp³-hybridized carbons (Fsp3) is 0. The van der Waals surface area contributed by atoms with Gasteiger partial charge in [-0.2, -0.15) is 0 Å². The van der Waals surface area contributed by atoms with Crippen LogP contribution in [-0.4, -0.2) is 26.8 Å². The Hall–Kier alpha value is -2.04. The molecule has 92 valence electrons.